The van der Waals surface area contributed by atoms with E-state index in [0.717, 1.165) is 38.3 Å². The zero-order valence-electron chi connectivity index (χ0n) is 9.68. The molecule has 0 aromatic carbocycles. The van der Waals surface area contributed by atoms with E-state index < -0.39 is 23.3 Å². The Balaban J connectivity index is 2.07. The van der Waals surface area contributed by atoms with Crippen molar-refractivity contribution < 1.29 is 18.0 Å². The van der Waals surface area contributed by atoms with Crippen molar-refractivity contribution in [2.24, 2.45) is 0 Å². The molecule has 2 N–H and O–H groups in total. The zero-order valence-corrected chi connectivity index (χ0v) is 9.68. The lowest BCUT2D eigenvalue weighted by Crippen LogP contribution is -2.36. The molecular formula is C11H14F3N3O. The van der Waals surface area contributed by atoms with Crippen molar-refractivity contribution in [3.05, 3.63) is 17.5 Å². The predicted molar refractivity (Wildman–Crippen MR) is 57.9 cm³/mol. The minimum Gasteiger partial charge on any atom is -0.349 e. The van der Waals surface area contributed by atoms with Crippen LogP contribution >= 0.6 is 0 Å². The third-order valence-electron chi connectivity index (χ3n) is 3.11. The number of alkyl halides is 3. The van der Waals surface area contributed by atoms with Crippen LogP contribution in [-0.2, 0) is 6.18 Å². The van der Waals surface area contributed by atoms with Crippen LogP contribution in [0, 0.1) is 0 Å². The highest BCUT2D eigenvalue weighted by molar-refractivity contribution is 5.95. The molecule has 0 unspecified atom stereocenters. The Bertz CT molecular complexity index is 421. The second-order valence-corrected chi connectivity index (χ2v) is 4.46. The van der Waals surface area contributed by atoms with Crippen LogP contribution in [0.15, 0.2) is 6.20 Å². The summed E-state index contributed by atoms with van der Waals surface area (Å²) in [5.41, 5.74) is -1.52. The SMILES string of the molecule is O=C(NC1CCCCC1)c1cn[nH]c1C(F)(F)F. The number of carbonyl (C=O) groups excluding carboxylic acids is 1. The van der Waals surface area contributed by atoms with E-state index in [0.29, 0.717) is 0 Å². The van der Waals surface area contributed by atoms with Gasteiger partial charge in [0.1, 0.15) is 0 Å². The van der Waals surface area contributed by atoms with Gasteiger partial charge < -0.3 is 5.32 Å². The number of nitrogens with one attached hydrogen (secondary N) is 2. The van der Waals surface area contributed by atoms with Gasteiger partial charge in [0, 0.05) is 6.04 Å². The van der Waals surface area contributed by atoms with Gasteiger partial charge in [-0.25, -0.2) is 0 Å². The summed E-state index contributed by atoms with van der Waals surface area (Å²) in [5.74, 6) is -0.706. The summed E-state index contributed by atoms with van der Waals surface area (Å²) in [6.07, 6.45) is 1.10. The summed E-state index contributed by atoms with van der Waals surface area (Å²) < 4.78 is 37.7. The fraction of sp³-hybridized carbons (Fsp3) is 0.636. The van der Waals surface area contributed by atoms with Crippen LogP contribution < -0.4 is 5.32 Å². The number of hydrogen-bond acceptors (Lipinski definition) is 2. The maximum absolute atomic E-state index is 12.6. The average molecular weight is 261 g/mol. The van der Waals surface area contributed by atoms with Crippen molar-refractivity contribution in [1.29, 1.82) is 0 Å². The van der Waals surface area contributed by atoms with E-state index in [1.54, 1.807) is 0 Å². The van der Waals surface area contributed by atoms with E-state index in [4.69, 9.17) is 0 Å². The number of hydrogen-bond donors (Lipinski definition) is 2. The Hall–Kier alpha value is -1.53. The molecule has 0 atom stereocenters. The fourth-order valence-corrected chi connectivity index (χ4v) is 2.18. The second kappa shape index (κ2) is 4.99. The molecule has 1 amide bonds. The highest BCUT2D eigenvalue weighted by Gasteiger charge is 2.37. The Morgan fingerprint density at radius 1 is 1.33 bits per heavy atom. The average Bonchev–Trinajstić information content (AvgIpc) is 2.79. The van der Waals surface area contributed by atoms with Gasteiger partial charge in [0.2, 0.25) is 0 Å². The predicted octanol–water partition coefficient (Wildman–Crippen LogP) is 2.49. The molecular weight excluding hydrogens is 247 g/mol. The standard InChI is InChI=1S/C11H14F3N3O/c12-11(13,14)9-8(6-15-17-9)10(18)16-7-4-2-1-3-5-7/h6-7H,1-5H2,(H,15,17)(H,16,18). The zero-order chi connectivity index (χ0) is 13.2. The van der Waals surface area contributed by atoms with Crippen LogP contribution in [0.5, 0.6) is 0 Å². The third-order valence-corrected chi connectivity index (χ3v) is 3.11. The Morgan fingerprint density at radius 3 is 2.61 bits per heavy atom. The molecule has 1 aliphatic rings. The Morgan fingerprint density at radius 2 is 2.00 bits per heavy atom. The number of nitrogens with zero attached hydrogens (tertiary/aromatic N) is 1. The van der Waals surface area contributed by atoms with Gasteiger partial charge in [-0.1, -0.05) is 19.3 Å². The molecule has 1 heterocycles. The normalized spacial score (nSPS) is 17.7. The van der Waals surface area contributed by atoms with Gasteiger partial charge in [-0.2, -0.15) is 18.3 Å². The lowest BCUT2D eigenvalue weighted by atomic mass is 9.95. The molecule has 1 saturated carbocycles. The first kappa shape index (κ1) is 12.9. The summed E-state index contributed by atoms with van der Waals surface area (Å²) >= 11 is 0. The highest BCUT2D eigenvalue weighted by Crippen LogP contribution is 2.30. The summed E-state index contributed by atoms with van der Waals surface area (Å²) in [5, 5.41) is 7.76. The number of aromatic amines is 1. The summed E-state index contributed by atoms with van der Waals surface area (Å²) in [4.78, 5) is 11.8. The molecule has 0 radical (unpaired) electrons. The Kier molecular flexibility index (Phi) is 3.58. The summed E-state index contributed by atoms with van der Waals surface area (Å²) in [7, 11) is 0. The van der Waals surface area contributed by atoms with Crippen LogP contribution in [-0.4, -0.2) is 22.1 Å². The van der Waals surface area contributed by atoms with Gasteiger partial charge in [0.05, 0.1) is 11.8 Å². The molecule has 2 rings (SSSR count). The first-order valence-corrected chi connectivity index (χ1v) is 5.90. The lowest BCUT2D eigenvalue weighted by molar-refractivity contribution is -0.141. The topological polar surface area (TPSA) is 57.8 Å². The van der Waals surface area contributed by atoms with Crippen molar-refractivity contribution in [3.8, 4) is 0 Å². The molecule has 1 aromatic rings. The molecule has 0 saturated heterocycles. The molecule has 100 valence electrons. The quantitative estimate of drug-likeness (QED) is 0.859. The molecule has 1 fully saturated rings. The van der Waals surface area contributed by atoms with Gasteiger partial charge in [0.25, 0.3) is 5.91 Å². The van der Waals surface area contributed by atoms with E-state index >= 15 is 0 Å². The smallest absolute Gasteiger partial charge is 0.349 e. The van der Waals surface area contributed by atoms with Crippen molar-refractivity contribution in [2.45, 2.75) is 44.3 Å². The van der Waals surface area contributed by atoms with E-state index in [1.165, 1.54) is 0 Å². The molecule has 0 spiro atoms. The first-order chi connectivity index (χ1) is 8.48. The van der Waals surface area contributed by atoms with Gasteiger partial charge in [-0.15, -0.1) is 0 Å². The van der Waals surface area contributed by atoms with Crippen molar-refractivity contribution in [2.75, 3.05) is 0 Å². The molecule has 18 heavy (non-hydrogen) atoms. The van der Waals surface area contributed by atoms with Crippen LogP contribution in [0.4, 0.5) is 13.2 Å². The molecule has 4 nitrogen and oxygen atoms in total. The largest absolute Gasteiger partial charge is 0.433 e. The lowest BCUT2D eigenvalue weighted by Gasteiger charge is -2.22. The van der Waals surface area contributed by atoms with Crippen molar-refractivity contribution in [3.63, 3.8) is 0 Å². The van der Waals surface area contributed by atoms with E-state index in [9.17, 15) is 18.0 Å². The van der Waals surface area contributed by atoms with E-state index in [1.807, 2.05) is 5.10 Å². The number of halogens is 3. The number of amides is 1. The number of H-pyrrole nitrogens is 1. The molecule has 0 bridgehead atoms. The van der Waals surface area contributed by atoms with Crippen LogP contribution in [0.1, 0.15) is 48.2 Å². The highest BCUT2D eigenvalue weighted by atomic mass is 19.4. The van der Waals surface area contributed by atoms with Crippen molar-refractivity contribution >= 4 is 5.91 Å². The van der Waals surface area contributed by atoms with Crippen molar-refractivity contribution in [1.82, 2.24) is 15.5 Å². The number of carbonyl (C=O) groups is 1. The van der Waals surface area contributed by atoms with Crippen LogP contribution in [0.25, 0.3) is 0 Å². The monoisotopic (exact) mass is 261 g/mol. The van der Waals surface area contributed by atoms with E-state index in [2.05, 4.69) is 10.4 Å². The van der Waals surface area contributed by atoms with E-state index in [-0.39, 0.29) is 6.04 Å². The molecule has 1 aromatic heterocycles. The second-order valence-electron chi connectivity index (χ2n) is 4.46. The number of aromatic nitrogens is 2. The van der Waals surface area contributed by atoms with Gasteiger partial charge in [-0.3, -0.25) is 9.89 Å². The number of rotatable bonds is 2. The summed E-state index contributed by atoms with van der Waals surface area (Å²) in [6.45, 7) is 0. The summed E-state index contributed by atoms with van der Waals surface area (Å²) in [6, 6.07) is -0.0257. The maximum Gasteiger partial charge on any atom is 0.433 e. The fourth-order valence-electron chi connectivity index (χ4n) is 2.18. The van der Waals surface area contributed by atoms with Gasteiger partial charge >= 0.3 is 6.18 Å². The molecule has 1 aliphatic carbocycles. The maximum atomic E-state index is 12.6. The Labute approximate surface area is 102 Å². The van der Waals surface area contributed by atoms with Crippen LogP contribution in [0.2, 0.25) is 0 Å². The minimum absolute atomic E-state index is 0.0257. The van der Waals surface area contributed by atoms with Gasteiger partial charge in [0.15, 0.2) is 5.69 Å². The molecule has 7 heteroatoms. The van der Waals surface area contributed by atoms with Gasteiger partial charge in [-0.05, 0) is 12.8 Å². The van der Waals surface area contributed by atoms with Crippen LogP contribution in [0.3, 0.4) is 0 Å². The first-order valence-electron chi connectivity index (χ1n) is 5.90. The molecule has 0 aliphatic heterocycles. The third kappa shape index (κ3) is 2.83. The minimum atomic E-state index is -4.59.